The first-order chi connectivity index (χ1) is 9.65. The van der Waals surface area contributed by atoms with E-state index in [9.17, 15) is 4.79 Å². The molecule has 2 saturated heterocycles. The number of ether oxygens (including phenoxy) is 1. The molecule has 1 N–H and O–H groups in total. The Balaban J connectivity index is 1.64. The molecule has 0 saturated carbocycles. The third kappa shape index (κ3) is 2.66. The SMILES string of the molecule is COc1ccc(CN2C[C@H]3CC(=O)N[C@@H]3[C@@H](C)C2)cc1. The van der Waals surface area contributed by atoms with E-state index in [1.807, 2.05) is 12.1 Å². The number of hydrogen-bond acceptors (Lipinski definition) is 3. The van der Waals surface area contributed by atoms with Gasteiger partial charge in [-0.2, -0.15) is 0 Å². The van der Waals surface area contributed by atoms with Crippen LogP contribution in [-0.4, -0.2) is 37.0 Å². The third-order valence-electron chi connectivity index (χ3n) is 4.50. The Morgan fingerprint density at radius 1 is 1.30 bits per heavy atom. The van der Waals surface area contributed by atoms with Crippen molar-refractivity contribution < 1.29 is 9.53 Å². The summed E-state index contributed by atoms with van der Waals surface area (Å²) in [6.45, 7) is 5.25. The van der Waals surface area contributed by atoms with Crippen LogP contribution in [0.4, 0.5) is 0 Å². The average Bonchev–Trinajstić information content (AvgIpc) is 2.81. The number of carbonyl (C=O) groups excluding carboxylic acids is 1. The summed E-state index contributed by atoms with van der Waals surface area (Å²) in [7, 11) is 1.69. The monoisotopic (exact) mass is 274 g/mol. The van der Waals surface area contributed by atoms with Crippen molar-refractivity contribution in [1.29, 1.82) is 0 Å². The summed E-state index contributed by atoms with van der Waals surface area (Å²) in [4.78, 5) is 14.0. The lowest BCUT2D eigenvalue weighted by atomic mass is 9.85. The maximum absolute atomic E-state index is 11.5. The normalized spacial score (nSPS) is 29.9. The molecule has 2 aliphatic rings. The second-order valence-electron chi connectivity index (χ2n) is 6.08. The van der Waals surface area contributed by atoms with Crippen LogP contribution in [0.25, 0.3) is 0 Å². The number of rotatable bonds is 3. The molecule has 1 aromatic rings. The van der Waals surface area contributed by atoms with E-state index in [0.717, 1.165) is 25.4 Å². The number of amides is 1. The van der Waals surface area contributed by atoms with E-state index in [2.05, 4.69) is 29.3 Å². The highest BCUT2D eigenvalue weighted by atomic mass is 16.5. The van der Waals surface area contributed by atoms with Crippen LogP contribution in [0.3, 0.4) is 0 Å². The molecule has 0 aliphatic carbocycles. The molecular formula is C16H22N2O2. The minimum Gasteiger partial charge on any atom is -0.497 e. The average molecular weight is 274 g/mol. The van der Waals surface area contributed by atoms with E-state index >= 15 is 0 Å². The number of fused-ring (bicyclic) bond motifs is 1. The van der Waals surface area contributed by atoms with Gasteiger partial charge in [0.1, 0.15) is 5.75 Å². The highest BCUT2D eigenvalue weighted by Gasteiger charge is 2.40. The Labute approximate surface area is 120 Å². The highest BCUT2D eigenvalue weighted by Crippen LogP contribution is 2.30. The van der Waals surface area contributed by atoms with Gasteiger partial charge in [0.05, 0.1) is 7.11 Å². The largest absolute Gasteiger partial charge is 0.497 e. The molecule has 20 heavy (non-hydrogen) atoms. The molecule has 4 heteroatoms. The second-order valence-corrected chi connectivity index (χ2v) is 6.08. The number of benzene rings is 1. The number of methoxy groups -OCH3 is 1. The number of piperidine rings is 1. The van der Waals surface area contributed by atoms with Crippen molar-refractivity contribution in [2.75, 3.05) is 20.2 Å². The fourth-order valence-corrected chi connectivity index (χ4v) is 3.56. The Bertz CT molecular complexity index is 486. The van der Waals surface area contributed by atoms with Crippen molar-refractivity contribution in [2.24, 2.45) is 11.8 Å². The highest BCUT2D eigenvalue weighted by molar-refractivity contribution is 5.79. The summed E-state index contributed by atoms with van der Waals surface area (Å²) < 4.78 is 5.19. The standard InChI is InChI=1S/C16H22N2O2/c1-11-8-18(10-13-7-15(19)17-16(11)13)9-12-3-5-14(20-2)6-4-12/h3-6,11,13,16H,7-10H2,1-2H3,(H,17,19)/t11-,13+,16+/m0/s1. The maximum atomic E-state index is 11.5. The molecule has 0 bridgehead atoms. The molecule has 3 atom stereocenters. The first-order valence-electron chi connectivity index (χ1n) is 7.30. The molecule has 0 radical (unpaired) electrons. The Morgan fingerprint density at radius 3 is 2.75 bits per heavy atom. The summed E-state index contributed by atoms with van der Waals surface area (Å²) in [5.41, 5.74) is 1.30. The molecular weight excluding hydrogens is 252 g/mol. The molecule has 1 aromatic carbocycles. The lowest BCUT2D eigenvalue weighted by molar-refractivity contribution is -0.119. The molecule has 0 unspecified atom stereocenters. The van der Waals surface area contributed by atoms with Crippen LogP contribution in [0.1, 0.15) is 18.9 Å². The molecule has 2 heterocycles. The zero-order chi connectivity index (χ0) is 14.1. The van der Waals surface area contributed by atoms with Gasteiger partial charge >= 0.3 is 0 Å². The van der Waals surface area contributed by atoms with Gasteiger partial charge in [0.25, 0.3) is 0 Å². The molecule has 2 fully saturated rings. The van der Waals surface area contributed by atoms with Crippen LogP contribution in [0.5, 0.6) is 5.75 Å². The zero-order valence-electron chi connectivity index (χ0n) is 12.1. The zero-order valence-corrected chi connectivity index (χ0v) is 12.1. The van der Waals surface area contributed by atoms with Crippen molar-refractivity contribution >= 4 is 5.91 Å². The van der Waals surface area contributed by atoms with Crippen LogP contribution in [0, 0.1) is 11.8 Å². The summed E-state index contributed by atoms with van der Waals surface area (Å²) in [5, 5.41) is 3.12. The van der Waals surface area contributed by atoms with Gasteiger partial charge in [-0.1, -0.05) is 19.1 Å². The van der Waals surface area contributed by atoms with E-state index in [4.69, 9.17) is 4.74 Å². The Hall–Kier alpha value is -1.55. The predicted octanol–water partition coefficient (Wildman–Crippen LogP) is 1.65. The van der Waals surface area contributed by atoms with Crippen molar-refractivity contribution in [3.05, 3.63) is 29.8 Å². The molecule has 4 nitrogen and oxygen atoms in total. The van der Waals surface area contributed by atoms with Gasteiger partial charge in [-0.05, 0) is 23.6 Å². The van der Waals surface area contributed by atoms with E-state index in [0.29, 0.717) is 24.3 Å². The van der Waals surface area contributed by atoms with Crippen LogP contribution < -0.4 is 10.1 Å². The third-order valence-corrected chi connectivity index (χ3v) is 4.50. The lowest BCUT2D eigenvalue weighted by Crippen LogP contribution is -2.49. The summed E-state index contributed by atoms with van der Waals surface area (Å²) >= 11 is 0. The molecule has 0 spiro atoms. The number of hydrogen-bond donors (Lipinski definition) is 1. The number of carbonyl (C=O) groups is 1. The van der Waals surface area contributed by atoms with Gasteiger partial charge in [-0.3, -0.25) is 9.69 Å². The van der Waals surface area contributed by atoms with Crippen LogP contribution in [0.2, 0.25) is 0 Å². The topological polar surface area (TPSA) is 41.6 Å². The van der Waals surface area contributed by atoms with E-state index in [1.165, 1.54) is 5.56 Å². The Kier molecular flexibility index (Phi) is 3.66. The maximum Gasteiger partial charge on any atom is 0.220 e. The van der Waals surface area contributed by atoms with E-state index in [-0.39, 0.29) is 5.91 Å². The van der Waals surface area contributed by atoms with Crippen molar-refractivity contribution in [1.82, 2.24) is 10.2 Å². The van der Waals surface area contributed by atoms with Gasteiger partial charge in [0, 0.05) is 38.0 Å². The quantitative estimate of drug-likeness (QED) is 0.911. The minimum atomic E-state index is 0.221. The van der Waals surface area contributed by atoms with Gasteiger partial charge in [-0.15, -0.1) is 0 Å². The first-order valence-corrected chi connectivity index (χ1v) is 7.30. The predicted molar refractivity (Wildman–Crippen MR) is 77.5 cm³/mol. The summed E-state index contributed by atoms with van der Waals surface area (Å²) in [5.74, 6) is 2.12. The fourth-order valence-electron chi connectivity index (χ4n) is 3.56. The van der Waals surface area contributed by atoms with Crippen molar-refractivity contribution in [2.45, 2.75) is 25.9 Å². The van der Waals surface area contributed by atoms with Gasteiger partial charge in [-0.25, -0.2) is 0 Å². The van der Waals surface area contributed by atoms with Crippen molar-refractivity contribution in [3.8, 4) is 5.75 Å². The Morgan fingerprint density at radius 2 is 2.05 bits per heavy atom. The number of nitrogens with zero attached hydrogens (tertiary/aromatic N) is 1. The number of nitrogens with one attached hydrogen (secondary N) is 1. The molecule has 1 amide bonds. The van der Waals surface area contributed by atoms with E-state index in [1.54, 1.807) is 7.11 Å². The minimum absolute atomic E-state index is 0.221. The molecule has 3 rings (SSSR count). The summed E-state index contributed by atoms with van der Waals surface area (Å²) in [6.07, 6.45) is 0.689. The molecule has 0 aromatic heterocycles. The number of likely N-dealkylation sites (tertiary alicyclic amines) is 1. The second kappa shape index (κ2) is 5.44. The van der Waals surface area contributed by atoms with Crippen LogP contribution in [-0.2, 0) is 11.3 Å². The van der Waals surface area contributed by atoms with Gasteiger partial charge in [0.2, 0.25) is 5.91 Å². The first kappa shape index (κ1) is 13.4. The fraction of sp³-hybridized carbons (Fsp3) is 0.562. The van der Waals surface area contributed by atoms with Crippen LogP contribution in [0.15, 0.2) is 24.3 Å². The van der Waals surface area contributed by atoms with E-state index < -0.39 is 0 Å². The van der Waals surface area contributed by atoms with Gasteiger partial charge < -0.3 is 10.1 Å². The molecule has 2 aliphatic heterocycles. The van der Waals surface area contributed by atoms with Crippen LogP contribution >= 0.6 is 0 Å². The summed E-state index contributed by atoms with van der Waals surface area (Å²) in [6, 6.07) is 8.63. The molecule has 108 valence electrons. The van der Waals surface area contributed by atoms with Crippen molar-refractivity contribution in [3.63, 3.8) is 0 Å². The smallest absolute Gasteiger partial charge is 0.220 e. The van der Waals surface area contributed by atoms with Gasteiger partial charge in [0.15, 0.2) is 0 Å². The lowest BCUT2D eigenvalue weighted by Gasteiger charge is -2.38.